The summed E-state index contributed by atoms with van der Waals surface area (Å²) < 4.78 is 0. The summed E-state index contributed by atoms with van der Waals surface area (Å²) in [6.45, 7) is 4.13. The molecule has 0 rings (SSSR count). The summed E-state index contributed by atoms with van der Waals surface area (Å²) in [5.41, 5.74) is 16.5. The van der Waals surface area contributed by atoms with Gasteiger partial charge in [-0.25, -0.2) is 4.79 Å². The molecule has 0 aromatic heterocycles. The van der Waals surface area contributed by atoms with E-state index in [9.17, 15) is 29.4 Å². The Balaban J connectivity index is 5.39. The summed E-state index contributed by atoms with van der Waals surface area (Å²) >= 11 is 0. The minimum absolute atomic E-state index is 0.0901. The van der Waals surface area contributed by atoms with Gasteiger partial charge in [-0.15, -0.1) is 0 Å². The molecule has 12 N–H and O–H groups in total. The maximum absolute atomic E-state index is 12.8. The van der Waals surface area contributed by atoms with Gasteiger partial charge in [-0.05, 0) is 25.7 Å². The van der Waals surface area contributed by atoms with Crippen LogP contribution in [0.4, 0.5) is 0 Å². The number of carbonyl (C=O) groups excluding carboxylic acids is 3. The number of amides is 3. The fourth-order valence-corrected chi connectivity index (χ4v) is 2.66. The molecule has 33 heavy (non-hydrogen) atoms. The second-order valence-electron chi connectivity index (χ2n) is 7.73. The quantitative estimate of drug-likeness (QED) is 0.0636. The highest BCUT2D eigenvalue weighted by Gasteiger charge is 2.31. The van der Waals surface area contributed by atoms with Crippen LogP contribution in [0.1, 0.15) is 40.0 Å². The Morgan fingerprint density at radius 1 is 0.970 bits per heavy atom. The van der Waals surface area contributed by atoms with E-state index >= 15 is 0 Å². The summed E-state index contributed by atoms with van der Waals surface area (Å²) in [6, 6.07) is -5.18. The number of nitrogens with one attached hydrogen (secondary N) is 3. The molecule has 190 valence electrons. The zero-order valence-electron chi connectivity index (χ0n) is 19.2. The van der Waals surface area contributed by atoms with Crippen LogP contribution in [0, 0.1) is 5.92 Å². The number of carboxylic acids is 1. The van der Waals surface area contributed by atoms with Gasteiger partial charge in [0.2, 0.25) is 17.7 Å². The molecule has 0 bridgehead atoms. The summed E-state index contributed by atoms with van der Waals surface area (Å²) in [5, 5.41) is 35.0. The average Bonchev–Trinajstić information content (AvgIpc) is 2.75. The molecule has 6 unspecified atom stereocenters. The maximum Gasteiger partial charge on any atom is 0.328 e. The monoisotopic (exact) mass is 475 g/mol. The van der Waals surface area contributed by atoms with Crippen LogP contribution in [0.25, 0.3) is 0 Å². The molecule has 0 heterocycles. The Morgan fingerprint density at radius 2 is 1.52 bits per heavy atom. The lowest BCUT2D eigenvalue weighted by atomic mass is 9.98. The van der Waals surface area contributed by atoms with Gasteiger partial charge in [-0.1, -0.05) is 20.3 Å². The molecule has 0 aromatic rings. The fraction of sp³-hybridized carbons (Fsp3) is 0.737. The highest BCUT2D eigenvalue weighted by Crippen LogP contribution is 2.07. The van der Waals surface area contributed by atoms with Crippen LogP contribution < -0.4 is 33.2 Å². The Labute approximate surface area is 192 Å². The van der Waals surface area contributed by atoms with Crippen molar-refractivity contribution in [3.05, 3.63) is 0 Å². The van der Waals surface area contributed by atoms with Crippen LogP contribution in [0.3, 0.4) is 0 Å². The first-order valence-electron chi connectivity index (χ1n) is 10.6. The largest absolute Gasteiger partial charge is 0.480 e. The first-order chi connectivity index (χ1) is 15.3. The normalized spacial score (nSPS) is 16.3. The predicted molar refractivity (Wildman–Crippen MR) is 120 cm³/mol. The number of carboxylic acid groups (broad SMARTS) is 1. The van der Waals surface area contributed by atoms with Gasteiger partial charge in [0.05, 0.1) is 18.8 Å². The molecule has 0 saturated heterocycles. The van der Waals surface area contributed by atoms with E-state index in [1.807, 2.05) is 12.2 Å². The molecule has 0 aliphatic heterocycles. The van der Waals surface area contributed by atoms with Crippen LogP contribution in [-0.4, -0.2) is 88.4 Å². The second kappa shape index (κ2) is 15.0. The summed E-state index contributed by atoms with van der Waals surface area (Å²) in [5.74, 6) is -4.19. The van der Waals surface area contributed by atoms with Gasteiger partial charge in [0.25, 0.3) is 0 Å². The van der Waals surface area contributed by atoms with Crippen molar-refractivity contribution in [3.8, 4) is 0 Å². The highest BCUT2D eigenvalue weighted by atomic mass is 16.4. The average molecular weight is 476 g/mol. The number of hydrogen-bond donors (Lipinski definition) is 9. The number of carbonyl (C=O) groups is 4. The molecule has 0 spiro atoms. The molecule has 0 radical (unpaired) electrons. The number of nitrogens with two attached hydrogens (primary N) is 3. The number of nitrogens with zero attached hydrogens (tertiary/aromatic N) is 1. The van der Waals surface area contributed by atoms with Crippen molar-refractivity contribution in [2.24, 2.45) is 28.1 Å². The van der Waals surface area contributed by atoms with Gasteiger partial charge >= 0.3 is 5.97 Å². The van der Waals surface area contributed by atoms with E-state index in [1.165, 1.54) is 0 Å². The molecule has 14 heteroatoms. The highest BCUT2D eigenvalue weighted by molar-refractivity contribution is 5.94. The van der Waals surface area contributed by atoms with E-state index in [0.717, 1.165) is 6.92 Å². The molecule has 0 aliphatic rings. The van der Waals surface area contributed by atoms with Gasteiger partial charge in [-0.3, -0.25) is 19.4 Å². The summed E-state index contributed by atoms with van der Waals surface area (Å²) in [7, 11) is 0. The van der Waals surface area contributed by atoms with E-state index in [-0.39, 0.29) is 24.8 Å². The lowest BCUT2D eigenvalue weighted by molar-refractivity contribution is -0.145. The smallest absolute Gasteiger partial charge is 0.328 e. The summed E-state index contributed by atoms with van der Waals surface area (Å²) in [4.78, 5) is 52.6. The Bertz CT molecular complexity index is 698. The van der Waals surface area contributed by atoms with Gasteiger partial charge < -0.3 is 48.5 Å². The van der Waals surface area contributed by atoms with Gasteiger partial charge in [0.15, 0.2) is 12.0 Å². The number of hydrogen-bond acceptors (Lipinski definition) is 8. The zero-order valence-corrected chi connectivity index (χ0v) is 19.2. The molecule has 0 saturated carbocycles. The number of aliphatic hydroxyl groups is 2. The standard InChI is InChI=1S/C19H37N7O7/c1-4-9(2)13(20)17(31)24-11(6-5-7-23-19(21)22)15(29)25-12(8-27)16(30)26-14(10(3)28)18(32)33/h9-14,27-28H,4-8,20H2,1-3H3,(H,24,31)(H,25,29)(H,26,30)(H,32,33)(H4,21,22,23). The van der Waals surface area contributed by atoms with Crippen LogP contribution in [0.2, 0.25) is 0 Å². The van der Waals surface area contributed by atoms with E-state index in [0.29, 0.717) is 12.8 Å². The first-order valence-corrected chi connectivity index (χ1v) is 10.6. The molecule has 0 aromatic carbocycles. The molecular formula is C19H37N7O7. The van der Waals surface area contributed by atoms with Crippen molar-refractivity contribution in [2.45, 2.75) is 70.3 Å². The van der Waals surface area contributed by atoms with Gasteiger partial charge in [-0.2, -0.15) is 0 Å². The number of guanidine groups is 1. The third-order valence-electron chi connectivity index (χ3n) is 5.00. The van der Waals surface area contributed by atoms with Gasteiger partial charge in [0, 0.05) is 6.54 Å². The van der Waals surface area contributed by atoms with Crippen molar-refractivity contribution in [3.63, 3.8) is 0 Å². The molecular weight excluding hydrogens is 438 g/mol. The van der Waals surface area contributed by atoms with Crippen molar-refractivity contribution in [2.75, 3.05) is 13.2 Å². The second-order valence-corrected chi connectivity index (χ2v) is 7.73. The van der Waals surface area contributed by atoms with Crippen molar-refractivity contribution >= 4 is 29.7 Å². The van der Waals surface area contributed by atoms with Crippen molar-refractivity contribution in [1.29, 1.82) is 0 Å². The first kappa shape index (κ1) is 30.0. The van der Waals surface area contributed by atoms with E-state index < -0.39 is 60.6 Å². The maximum atomic E-state index is 12.8. The van der Waals surface area contributed by atoms with Crippen molar-refractivity contribution in [1.82, 2.24) is 16.0 Å². The lowest BCUT2D eigenvalue weighted by Crippen LogP contribution is -2.59. The number of aliphatic hydroxyl groups excluding tert-OH is 2. The van der Waals surface area contributed by atoms with E-state index in [1.54, 1.807) is 6.92 Å². The third-order valence-corrected chi connectivity index (χ3v) is 5.00. The minimum atomic E-state index is -1.65. The number of aliphatic carboxylic acids is 1. The fourth-order valence-electron chi connectivity index (χ4n) is 2.66. The molecule has 14 nitrogen and oxygen atoms in total. The Hall–Kier alpha value is -2.97. The van der Waals surface area contributed by atoms with Crippen LogP contribution in [-0.2, 0) is 19.2 Å². The van der Waals surface area contributed by atoms with Crippen LogP contribution in [0.5, 0.6) is 0 Å². The predicted octanol–water partition coefficient (Wildman–Crippen LogP) is -3.67. The SMILES string of the molecule is CCC(C)C(N)C(=O)NC(CCCN=C(N)N)C(=O)NC(CO)C(=O)NC(C(=O)O)C(C)O. The van der Waals surface area contributed by atoms with Crippen LogP contribution >= 0.6 is 0 Å². The molecule has 6 atom stereocenters. The summed E-state index contributed by atoms with van der Waals surface area (Å²) in [6.07, 6.45) is -0.400. The van der Waals surface area contributed by atoms with Crippen molar-refractivity contribution < 1.29 is 34.5 Å². The molecule has 3 amide bonds. The van der Waals surface area contributed by atoms with E-state index in [4.69, 9.17) is 22.3 Å². The third kappa shape index (κ3) is 10.9. The molecule has 0 fully saturated rings. The number of aliphatic imine (C=N–C) groups is 1. The zero-order chi connectivity index (χ0) is 25.7. The van der Waals surface area contributed by atoms with Gasteiger partial charge in [0.1, 0.15) is 12.1 Å². The molecule has 0 aliphatic carbocycles. The Morgan fingerprint density at radius 3 is 1.97 bits per heavy atom. The Kier molecular flexibility index (Phi) is 13.6. The van der Waals surface area contributed by atoms with Crippen LogP contribution in [0.15, 0.2) is 4.99 Å². The number of rotatable bonds is 15. The minimum Gasteiger partial charge on any atom is -0.480 e. The van der Waals surface area contributed by atoms with E-state index in [2.05, 4.69) is 15.6 Å². The topological polar surface area (TPSA) is 255 Å². The lowest BCUT2D eigenvalue weighted by Gasteiger charge is -2.25.